The zero-order chi connectivity index (χ0) is 12.5. The van der Waals surface area contributed by atoms with Gasteiger partial charge in [0.1, 0.15) is 0 Å². The topological polar surface area (TPSA) is 15.3 Å². The number of nitrogens with zero attached hydrogens (tertiary/aromatic N) is 1. The van der Waals surface area contributed by atoms with Gasteiger partial charge < -0.3 is 10.2 Å². The van der Waals surface area contributed by atoms with Crippen LogP contribution in [-0.4, -0.2) is 37.1 Å². The van der Waals surface area contributed by atoms with Crippen LogP contribution in [0.4, 0.5) is 0 Å². The Morgan fingerprint density at radius 2 is 2.06 bits per heavy atom. The summed E-state index contributed by atoms with van der Waals surface area (Å²) in [6, 6.07) is 1.09. The SMILES string of the molecule is C#CC(CC)NCCCN(C)C1CCCCC1. The molecule has 0 aromatic rings. The smallest absolute Gasteiger partial charge is 0.0684 e. The number of hydrogen-bond donors (Lipinski definition) is 1. The summed E-state index contributed by atoms with van der Waals surface area (Å²) in [7, 11) is 2.27. The molecule has 1 aliphatic rings. The van der Waals surface area contributed by atoms with Gasteiger partial charge in [-0.1, -0.05) is 32.1 Å². The minimum atomic E-state index is 0.259. The molecule has 2 heteroatoms. The van der Waals surface area contributed by atoms with Crippen LogP contribution in [0.2, 0.25) is 0 Å². The van der Waals surface area contributed by atoms with Crippen molar-refractivity contribution < 1.29 is 0 Å². The van der Waals surface area contributed by atoms with Crippen LogP contribution in [0.25, 0.3) is 0 Å². The van der Waals surface area contributed by atoms with Crippen molar-refractivity contribution in [2.75, 3.05) is 20.1 Å². The van der Waals surface area contributed by atoms with Crippen LogP contribution >= 0.6 is 0 Å². The summed E-state index contributed by atoms with van der Waals surface area (Å²) in [5.41, 5.74) is 0. The van der Waals surface area contributed by atoms with E-state index in [1.807, 2.05) is 0 Å². The lowest BCUT2D eigenvalue weighted by Gasteiger charge is -2.31. The first-order valence-electron chi connectivity index (χ1n) is 7.17. The summed E-state index contributed by atoms with van der Waals surface area (Å²) in [6.45, 7) is 4.37. The van der Waals surface area contributed by atoms with Crippen LogP contribution in [0.3, 0.4) is 0 Å². The Balaban J connectivity index is 2.07. The van der Waals surface area contributed by atoms with Crippen LogP contribution < -0.4 is 5.32 Å². The highest BCUT2D eigenvalue weighted by Crippen LogP contribution is 2.21. The van der Waals surface area contributed by atoms with Crippen LogP contribution in [0.5, 0.6) is 0 Å². The normalized spacial score (nSPS) is 19.2. The van der Waals surface area contributed by atoms with Gasteiger partial charge in [-0.25, -0.2) is 0 Å². The Morgan fingerprint density at radius 3 is 2.65 bits per heavy atom. The molecule has 0 amide bonds. The van der Waals surface area contributed by atoms with E-state index in [2.05, 4.69) is 30.1 Å². The number of rotatable bonds is 7. The summed E-state index contributed by atoms with van der Waals surface area (Å²) in [5, 5.41) is 3.41. The molecule has 0 saturated heterocycles. The van der Waals surface area contributed by atoms with E-state index >= 15 is 0 Å². The lowest BCUT2D eigenvalue weighted by molar-refractivity contribution is 0.189. The van der Waals surface area contributed by atoms with Gasteiger partial charge in [0.05, 0.1) is 6.04 Å². The molecule has 1 unspecified atom stereocenters. The molecule has 0 radical (unpaired) electrons. The van der Waals surface area contributed by atoms with E-state index in [0.29, 0.717) is 0 Å². The number of terminal acetylenes is 1. The first kappa shape index (κ1) is 14.5. The molecular weight excluding hydrogens is 208 g/mol. The van der Waals surface area contributed by atoms with Gasteiger partial charge in [-0.3, -0.25) is 0 Å². The summed E-state index contributed by atoms with van der Waals surface area (Å²) in [4.78, 5) is 2.54. The zero-order valence-corrected chi connectivity index (χ0v) is 11.5. The Bertz CT molecular complexity index is 226. The molecule has 1 rings (SSSR count). The summed E-state index contributed by atoms with van der Waals surface area (Å²) >= 11 is 0. The predicted octanol–water partition coefficient (Wildman–Crippen LogP) is 2.64. The van der Waals surface area contributed by atoms with Gasteiger partial charge in [-0.15, -0.1) is 6.42 Å². The molecule has 98 valence electrons. The first-order valence-corrected chi connectivity index (χ1v) is 7.17. The molecule has 0 aromatic carbocycles. The molecule has 0 aromatic heterocycles. The quantitative estimate of drug-likeness (QED) is 0.540. The fraction of sp³-hybridized carbons (Fsp3) is 0.867. The third-order valence-corrected chi connectivity index (χ3v) is 3.89. The van der Waals surface area contributed by atoms with E-state index in [1.165, 1.54) is 45.1 Å². The van der Waals surface area contributed by atoms with Gasteiger partial charge in [0.25, 0.3) is 0 Å². The molecule has 0 aliphatic heterocycles. The van der Waals surface area contributed by atoms with Crippen LogP contribution in [0.15, 0.2) is 0 Å². The maximum Gasteiger partial charge on any atom is 0.0684 e. The largest absolute Gasteiger partial charge is 0.304 e. The highest BCUT2D eigenvalue weighted by Gasteiger charge is 2.17. The average molecular weight is 236 g/mol. The van der Waals surface area contributed by atoms with Crippen molar-refractivity contribution in [3.63, 3.8) is 0 Å². The summed E-state index contributed by atoms with van der Waals surface area (Å²) < 4.78 is 0. The minimum Gasteiger partial charge on any atom is -0.304 e. The second-order valence-electron chi connectivity index (χ2n) is 5.21. The highest BCUT2D eigenvalue weighted by molar-refractivity contribution is 4.97. The van der Waals surface area contributed by atoms with Gasteiger partial charge in [-0.2, -0.15) is 0 Å². The fourth-order valence-corrected chi connectivity index (χ4v) is 2.63. The lowest BCUT2D eigenvalue weighted by atomic mass is 9.94. The van der Waals surface area contributed by atoms with E-state index < -0.39 is 0 Å². The predicted molar refractivity (Wildman–Crippen MR) is 75.0 cm³/mol. The Labute approximate surface area is 107 Å². The molecule has 1 N–H and O–H groups in total. The van der Waals surface area contributed by atoms with Gasteiger partial charge in [0.15, 0.2) is 0 Å². The third-order valence-electron chi connectivity index (χ3n) is 3.89. The van der Waals surface area contributed by atoms with Crippen molar-refractivity contribution in [3.8, 4) is 12.3 Å². The van der Waals surface area contributed by atoms with E-state index in [-0.39, 0.29) is 6.04 Å². The number of nitrogens with one attached hydrogen (secondary N) is 1. The minimum absolute atomic E-state index is 0.259. The molecule has 0 heterocycles. The van der Waals surface area contributed by atoms with E-state index in [0.717, 1.165) is 19.0 Å². The second-order valence-corrected chi connectivity index (χ2v) is 5.21. The van der Waals surface area contributed by atoms with Crippen LogP contribution in [0.1, 0.15) is 51.9 Å². The summed E-state index contributed by atoms with van der Waals surface area (Å²) in [5.74, 6) is 2.78. The first-order chi connectivity index (χ1) is 8.27. The van der Waals surface area contributed by atoms with E-state index in [9.17, 15) is 0 Å². The summed E-state index contributed by atoms with van der Waals surface area (Å²) in [6.07, 6.45) is 14.7. The Kier molecular flexibility index (Phi) is 7.32. The van der Waals surface area contributed by atoms with Crippen molar-refractivity contribution >= 4 is 0 Å². The second kappa shape index (κ2) is 8.55. The third kappa shape index (κ3) is 5.57. The monoisotopic (exact) mass is 236 g/mol. The van der Waals surface area contributed by atoms with Crippen LogP contribution in [0, 0.1) is 12.3 Å². The lowest BCUT2D eigenvalue weighted by Crippen LogP contribution is -2.36. The maximum absolute atomic E-state index is 5.42. The van der Waals surface area contributed by atoms with Crippen molar-refractivity contribution in [1.29, 1.82) is 0 Å². The molecule has 2 nitrogen and oxygen atoms in total. The highest BCUT2D eigenvalue weighted by atomic mass is 15.1. The molecule has 17 heavy (non-hydrogen) atoms. The fourth-order valence-electron chi connectivity index (χ4n) is 2.63. The Hall–Kier alpha value is -0.520. The molecule has 0 spiro atoms. The van der Waals surface area contributed by atoms with Crippen molar-refractivity contribution in [2.45, 2.75) is 64.0 Å². The van der Waals surface area contributed by atoms with Gasteiger partial charge in [0, 0.05) is 6.04 Å². The van der Waals surface area contributed by atoms with E-state index in [4.69, 9.17) is 6.42 Å². The molecule has 1 aliphatic carbocycles. The maximum atomic E-state index is 5.42. The molecule has 1 saturated carbocycles. The van der Waals surface area contributed by atoms with Crippen molar-refractivity contribution in [2.24, 2.45) is 0 Å². The van der Waals surface area contributed by atoms with Gasteiger partial charge in [0.2, 0.25) is 0 Å². The van der Waals surface area contributed by atoms with Crippen molar-refractivity contribution in [3.05, 3.63) is 0 Å². The standard InChI is InChI=1S/C15H28N2/c1-4-14(5-2)16-12-9-13-17(3)15-10-7-6-8-11-15/h1,14-16H,5-13H2,2-3H3. The zero-order valence-electron chi connectivity index (χ0n) is 11.5. The number of hydrogen-bond acceptors (Lipinski definition) is 2. The Morgan fingerprint density at radius 1 is 1.35 bits per heavy atom. The van der Waals surface area contributed by atoms with Gasteiger partial charge >= 0.3 is 0 Å². The van der Waals surface area contributed by atoms with Crippen LogP contribution in [-0.2, 0) is 0 Å². The van der Waals surface area contributed by atoms with E-state index in [1.54, 1.807) is 0 Å². The van der Waals surface area contributed by atoms with Gasteiger partial charge in [-0.05, 0) is 45.8 Å². The molecule has 1 atom stereocenters. The molecular formula is C15H28N2. The molecule has 1 fully saturated rings. The molecule has 0 bridgehead atoms. The average Bonchev–Trinajstić information content (AvgIpc) is 2.40. The van der Waals surface area contributed by atoms with Crippen molar-refractivity contribution in [1.82, 2.24) is 10.2 Å².